The van der Waals surface area contributed by atoms with Crippen molar-refractivity contribution in [1.29, 1.82) is 0 Å². The maximum Gasteiger partial charge on any atom is 0.0465 e. The first-order valence-corrected chi connectivity index (χ1v) is 18.8. The standard InChI is InChI=1S/C53H39N/c1-53(2)51-22-11-10-21-48(51)49-32-31-44(35-52(49)53)54(42-27-23-37(24-28-42)40-17-12-16-39(33-40)36-13-4-3-5-14-36)43-29-25-38(26-30-43)50-34-41-15-6-7-18-45(41)46-19-8-9-20-47(46)50/h3-35H,1-2H3. The lowest BCUT2D eigenvalue weighted by molar-refractivity contribution is 0.660. The average molecular weight is 690 g/mol. The van der Waals surface area contributed by atoms with Crippen LogP contribution in [0.1, 0.15) is 25.0 Å². The molecule has 0 aromatic heterocycles. The van der Waals surface area contributed by atoms with Crippen molar-refractivity contribution in [3.8, 4) is 44.5 Å². The third-order valence-electron chi connectivity index (χ3n) is 11.5. The first-order valence-electron chi connectivity index (χ1n) is 18.8. The van der Waals surface area contributed by atoms with E-state index < -0.39 is 0 Å². The number of rotatable bonds is 6. The van der Waals surface area contributed by atoms with Gasteiger partial charge in [-0.1, -0.05) is 166 Å². The minimum absolute atomic E-state index is 0.0950. The molecule has 0 aliphatic heterocycles. The summed E-state index contributed by atoms with van der Waals surface area (Å²) in [4.78, 5) is 2.41. The molecule has 0 radical (unpaired) electrons. The second kappa shape index (κ2) is 12.8. The lowest BCUT2D eigenvalue weighted by Crippen LogP contribution is -2.16. The molecule has 0 amide bonds. The van der Waals surface area contributed by atoms with Crippen molar-refractivity contribution in [3.63, 3.8) is 0 Å². The van der Waals surface area contributed by atoms with Crippen molar-refractivity contribution < 1.29 is 0 Å². The largest absolute Gasteiger partial charge is 0.310 e. The molecule has 1 aliphatic carbocycles. The Morgan fingerprint density at radius 1 is 0.315 bits per heavy atom. The van der Waals surface area contributed by atoms with Crippen molar-refractivity contribution in [2.24, 2.45) is 0 Å². The lowest BCUT2D eigenvalue weighted by Gasteiger charge is -2.28. The molecule has 0 bridgehead atoms. The lowest BCUT2D eigenvalue weighted by atomic mass is 9.82. The van der Waals surface area contributed by atoms with Gasteiger partial charge in [0.05, 0.1) is 0 Å². The number of fused-ring (bicyclic) bond motifs is 6. The third kappa shape index (κ3) is 5.32. The summed E-state index contributed by atoms with van der Waals surface area (Å²) in [6, 6.07) is 73.3. The molecule has 1 nitrogen and oxygen atoms in total. The van der Waals surface area contributed by atoms with E-state index in [4.69, 9.17) is 0 Å². The summed E-state index contributed by atoms with van der Waals surface area (Å²) in [5.74, 6) is 0. The molecular formula is C53H39N. The molecule has 0 saturated heterocycles. The highest BCUT2D eigenvalue weighted by Crippen LogP contribution is 2.51. The van der Waals surface area contributed by atoms with Gasteiger partial charge < -0.3 is 4.90 Å². The normalized spacial score (nSPS) is 12.8. The van der Waals surface area contributed by atoms with Crippen LogP contribution in [0.25, 0.3) is 66.1 Å². The zero-order chi connectivity index (χ0) is 36.2. The van der Waals surface area contributed by atoms with Gasteiger partial charge >= 0.3 is 0 Å². The number of nitrogens with zero attached hydrogens (tertiary/aromatic N) is 1. The summed E-state index contributed by atoms with van der Waals surface area (Å²) in [5.41, 5.74) is 16.0. The molecule has 256 valence electrons. The van der Waals surface area contributed by atoms with Crippen LogP contribution in [-0.2, 0) is 5.41 Å². The van der Waals surface area contributed by atoms with Gasteiger partial charge in [-0.15, -0.1) is 0 Å². The van der Waals surface area contributed by atoms with Gasteiger partial charge in [-0.2, -0.15) is 0 Å². The van der Waals surface area contributed by atoms with Gasteiger partial charge in [0.15, 0.2) is 0 Å². The molecule has 54 heavy (non-hydrogen) atoms. The predicted molar refractivity (Wildman–Crippen MR) is 230 cm³/mol. The molecule has 0 atom stereocenters. The molecule has 9 aromatic carbocycles. The molecule has 0 unspecified atom stereocenters. The van der Waals surface area contributed by atoms with Crippen LogP contribution < -0.4 is 4.90 Å². The Morgan fingerprint density at radius 2 is 0.852 bits per heavy atom. The van der Waals surface area contributed by atoms with Crippen molar-refractivity contribution in [2.75, 3.05) is 4.90 Å². The van der Waals surface area contributed by atoms with E-state index in [2.05, 4.69) is 219 Å². The Morgan fingerprint density at radius 3 is 1.59 bits per heavy atom. The van der Waals surface area contributed by atoms with Crippen LogP contribution in [0.5, 0.6) is 0 Å². The fourth-order valence-electron chi connectivity index (χ4n) is 8.67. The second-order valence-corrected chi connectivity index (χ2v) is 15.0. The zero-order valence-electron chi connectivity index (χ0n) is 30.5. The van der Waals surface area contributed by atoms with E-state index in [-0.39, 0.29) is 5.41 Å². The zero-order valence-corrected chi connectivity index (χ0v) is 30.5. The minimum atomic E-state index is -0.0950. The van der Waals surface area contributed by atoms with Gasteiger partial charge in [-0.25, -0.2) is 0 Å². The van der Waals surface area contributed by atoms with Gasteiger partial charge in [0, 0.05) is 22.5 Å². The Balaban J connectivity index is 1.08. The smallest absolute Gasteiger partial charge is 0.0465 e. The molecule has 0 spiro atoms. The highest BCUT2D eigenvalue weighted by molar-refractivity contribution is 6.13. The Kier molecular flexibility index (Phi) is 7.56. The van der Waals surface area contributed by atoms with Crippen LogP contribution in [0.4, 0.5) is 17.1 Å². The number of benzene rings is 9. The monoisotopic (exact) mass is 689 g/mol. The van der Waals surface area contributed by atoms with Gasteiger partial charge in [-0.05, 0) is 126 Å². The van der Waals surface area contributed by atoms with Crippen molar-refractivity contribution in [2.45, 2.75) is 19.3 Å². The molecule has 1 heteroatoms. The summed E-state index contributed by atoms with van der Waals surface area (Å²) in [6.07, 6.45) is 0. The SMILES string of the molecule is CC1(C)c2ccccc2-c2ccc(N(c3ccc(-c4cccc(-c5ccccc5)c4)cc3)c3ccc(-c4cc5ccccc5c5ccccc45)cc3)cc21. The number of anilines is 3. The van der Waals surface area contributed by atoms with Gasteiger partial charge in [0.2, 0.25) is 0 Å². The van der Waals surface area contributed by atoms with Crippen molar-refractivity contribution in [3.05, 3.63) is 211 Å². The topological polar surface area (TPSA) is 3.24 Å². The molecular weight excluding hydrogens is 651 g/mol. The first kappa shape index (κ1) is 32.0. The summed E-state index contributed by atoms with van der Waals surface area (Å²) in [5, 5.41) is 5.10. The Labute approximate surface area is 317 Å². The molecule has 0 N–H and O–H groups in total. The summed E-state index contributed by atoms with van der Waals surface area (Å²) < 4.78 is 0. The van der Waals surface area contributed by atoms with E-state index in [1.54, 1.807) is 0 Å². The fourth-order valence-corrected chi connectivity index (χ4v) is 8.67. The van der Waals surface area contributed by atoms with Crippen LogP contribution in [0.15, 0.2) is 200 Å². The third-order valence-corrected chi connectivity index (χ3v) is 11.5. The summed E-state index contributed by atoms with van der Waals surface area (Å²) >= 11 is 0. The Bertz CT molecular complexity index is 2830. The molecule has 0 fully saturated rings. The highest BCUT2D eigenvalue weighted by Gasteiger charge is 2.35. The number of hydrogen-bond donors (Lipinski definition) is 0. The van der Waals surface area contributed by atoms with Crippen LogP contribution in [0, 0.1) is 0 Å². The van der Waals surface area contributed by atoms with Crippen LogP contribution in [0.2, 0.25) is 0 Å². The first-order chi connectivity index (χ1) is 26.5. The molecule has 10 rings (SSSR count). The minimum Gasteiger partial charge on any atom is -0.310 e. The van der Waals surface area contributed by atoms with E-state index in [9.17, 15) is 0 Å². The van der Waals surface area contributed by atoms with Crippen molar-refractivity contribution >= 4 is 38.6 Å². The van der Waals surface area contributed by atoms with Gasteiger partial charge in [-0.3, -0.25) is 0 Å². The van der Waals surface area contributed by atoms with E-state index in [1.807, 2.05) is 0 Å². The van der Waals surface area contributed by atoms with E-state index in [0.29, 0.717) is 0 Å². The molecule has 0 heterocycles. The van der Waals surface area contributed by atoms with Crippen LogP contribution in [-0.4, -0.2) is 0 Å². The molecule has 0 saturated carbocycles. The van der Waals surface area contributed by atoms with E-state index in [0.717, 1.165) is 17.1 Å². The Hall–Kier alpha value is -6.70. The quantitative estimate of drug-likeness (QED) is 0.157. The van der Waals surface area contributed by atoms with E-state index in [1.165, 1.54) is 77.2 Å². The fraction of sp³-hybridized carbons (Fsp3) is 0.0566. The molecule has 1 aliphatic rings. The van der Waals surface area contributed by atoms with Gasteiger partial charge in [0.1, 0.15) is 0 Å². The van der Waals surface area contributed by atoms with Crippen LogP contribution >= 0.6 is 0 Å². The summed E-state index contributed by atoms with van der Waals surface area (Å²) in [6.45, 7) is 4.71. The highest BCUT2D eigenvalue weighted by atomic mass is 15.1. The van der Waals surface area contributed by atoms with E-state index >= 15 is 0 Å². The van der Waals surface area contributed by atoms with Crippen LogP contribution in [0.3, 0.4) is 0 Å². The van der Waals surface area contributed by atoms with Gasteiger partial charge in [0.25, 0.3) is 0 Å². The molecule has 9 aromatic rings. The second-order valence-electron chi connectivity index (χ2n) is 15.0. The number of hydrogen-bond acceptors (Lipinski definition) is 1. The maximum absolute atomic E-state index is 2.41. The maximum atomic E-state index is 2.41. The summed E-state index contributed by atoms with van der Waals surface area (Å²) in [7, 11) is 0. The predicted octanol–water partition coefficient (Wildman–Crippen LogP) is 14.8. The van der Waals surface area contributed by atoms with Crippen molar-refractivity contribution in [1.82, 2.24) is 0 Å². The average Bonchev–Trinajstić information content (AvgIpc) is 3.47.